The molecular formula is C82H121N39O16. The number of aromatic hydroxyl groups is 1. The number of guanidine groups is 4. The molecule has 55 heteroatoms. The van der Waals surface area contributed by atoms with Crippen molar-refractivity contribution < 1.29 is 72.2 Å². The summed E-state index contributed by atoms with van der Waals surface area (Å²) in [6.45, 7) is -2.42. The van der Waals surface area contributed by atoms with Crippen molar-refractivity contribution in [3.05, 3.63) is 95.1 Å². The summed E-state index contributed by atoms with van der Waals surface area (Å²) in [7, 11) is 0. The number of fused-ring (bicyclic) bond motifs is 1. The van der Waals surface area contributed by atoms with E-state index in [4.69, 9.17) is 67.5 Å². The molecule has 5 aromatic rings. The zero-order chi connectivity index (χ0) is 98.8. The molecule has 10 heterocycles. The minimum Gasteiger partial charge on any atom is -0.508 e. The van der Waals surface area contributed by atoms with E-state index >= 15 is 24.0 Å². The summed E-state index contributed by atoms with van der Waals surface area (Å²) in [5, 5.41) is 81.0. The Morgan fingerprint density at radius 2 is 0.956 bits per heavy atom. The lowest BCUT2D eigenvalue weighted by atomic mass is 10.0. The third-order valence-corrected chi connectivity index (χ3v) is 24.2. The molecule has 0 radical (unpaired) electrons. The number of anilines is 1. The second-order valence-corrected chi connectivity index (χ2v) is 34.6. The summed E-state index contributed by atoms with van der Waals surface area (Å²) >= 11 is 0. The van der Waals surface area contributed by atoms with Crippen molar-refractivity contribution in [2.75, 3.05) is 84.3 Å². The van der Waals surface area contributed by atoms with Gasteiger partial charge in [0.05, 0.1) is 37.3 Å². The average Bonchev–Trinajstić information content (AvgIpc) is 1.64. The number of rotatable bonds is 44. The van der Waals surface area contributed by atoms with Crippen LogP contribution < -0.4 is 126 Å². The number of aromatic nitrogens is 8. The molecule has 0 spiro atoms. The maximum atomic E-state index is 15.7. The van der Waals surface area contributed by atoms with Crippen molar-refractivity contribution in [1.29, 1.82) is 21.6 Å². The second-order valence-electron chi connectivity index (χ2n) is 34.6. The van der Waals surface area contributed by atoms with Crippen LogP contribution in [0.15, 0.2) is 72.6 Å². The molecule has 0 bridgehead atoms. The molecule has 55 nitrogen and oxygen atoms in total. The predicted octanol–water partition coefficient (Wildman–Crippen LogP) is -11.7. The van der Waals surface area contributed by atoms with Crippen molar-refractivity contribution in [2.24, 2.45) is 40.1 Å². The fourth-order valence-corrected chi connectivity index (χ4v) is 17.6. The molecule has 6 aliphatic rings. The van der Waals surface area contributed by atoms with Gasteiger partial charge in [0.2, 0.25) is 76.8 Å². The number of amides is 14. The van der Waals surface area contributed by atoms with Gasteiger partial charge in [-0.15, -0.1) is 0 Å². The molecule has 6 fully saturated rings. The van der Waals surface area contributed by atoms with Gasteiger partial charge in [-0.2, -0.15) is 4.98 Å². The zero-order valence-corrected chi connectivity index (χ0v) is 75.2. The van der Waals surface area contributed by atoms with Crippen LogP contribution in [0.2, 0.25) is 0 Å². The molecule has 6 aliphatic heterocycles. The monoisotopic (exact) mass is 1910 g/mol. The number of hydrogen-bond donors (Lipinski definition) is 28. The van der Waals surface area contributed by atoms with Gasteiger partial charge in [0, 0.05) is 139 Å². The number of nitrogen functional groups attached to an aromatic ring is 1. The number of primary amides is 1. The van der Waals surface area contributed by atoms with Gasteiger partial charge in [-0.25, -0.2) is 15.0 Å². The summed E-state index contributed by atoms with van der Waals surface area (Å²) in [6.07, 6.45) is 8.71. The lowest BCUT2D eigenvalue weighted by Crippen LogP contribution is -2.59. The summed E-state index contributed by atoms with van der Waals surface area (Å²) < 4.78 is 1.18. The highest BCUT2D eigenvalue weighted by Gasteiger charge is 2.51. The highest BCUT2D eigenvalue weighted by atomic mass is 16.3. The smallest absolute Gasteiger partial charge is 0.280 e. The number of nitrogens with two attached hydrogens (primary N) is 8. The van der Waals surface area contributed by atoms with E-state index in [0.717, 1.165) is 11.2 Å². The molecule has 1 aromatic carbocycles. The number of benzene rings is 1. The van der Waals surface area contributed by atoms with Crippen molar-refractivity contribution in [3.63, 3.8) is 0 Å². The van der Waals surface area contributed by atoms with Crippen molar-refractivity contribution in [2.45, 2.75) is 206 Å². The molecular weight excluding hydrogens is 1790 g/mol. The summed E-state index contributed by atoms with van der Waals surface area (Å²) in [6, 6.07) is -10.8. The van der Waals surface area contributed by atoms with Crippen LogP contribution in [-0.4, -0.2) is 351 Å². The largest absolute Gasteiger partial charge is 0.508 e. The van der Waals surface area contributed by atoms with E-state index in [2.05, 4.69) is 109 Å². The molecule has 6 saturated heterocycles. The van der Waals surface area contributed by atoms with Crippen LogP contribution in [0.3, 0.4) is 0 Å². The number of hydrogen-bond acceptors (Lipinski definition) is 31. The molecule has 0 aliphatic carbocycles. The first-order chi connectivity index (χ1) is 65.4. The van der Waals surface area contributed by atoms with E-state index < -0.39 is 217 Å². The Morgan fingerprint density at radius 1 is 0.496 bits per heavy atom. The van der Waals surface area contributed by atoms with E-state index in [-0.39, 0.29) is 207 Å². The minimum absolute atomic E-state index is 0.00332. The Labute approximate surface area is 783 Å². The van der Waals surface area contributed by atoms with E-state index in [1.807, 2.05) is 0 Å². The second kappa shape index (κ2) is 48.1. The maximum Gasteiger partial charge on any atom is 0.280 e. The van der Waals surface area contributed by atoms with Crippen LogP contribution in [0.5, 0.6) is 5.75 Å². The van der Waals surface area contributed by atoms with Gasteiger partial charge in [0.15, 0.2) is 35.0 Å². The zero-order valence-electron chi connectivity index (χ0n) is 75.2. The normalized spacial score (nSPS) is 21.9. The van der Waals surface area contributed by atoms with Crippen molar-refractivity contribution >= 4 is 124 Å². The first-order valence-corrected chi connectivity index (χ1v) is 45.0. The summed E-state index contributed by atoms with van der Waals surface area (Å²) in [5.41, 5.74) is 46.9. The molecule has 0 unspecified atom stereocenters. The van der Waals surface area contributed by atoms with Crippen LogP contribution in [0.25, 0.3) is 11.2 Å². The number of aromatic amines is 1. The van der Waals surface area contributed by atoms with Gasteiger partial charge in [0.25, 0.3) is 17.4 Å². The van der Waals surface area contributed by atoms with Crippen molar-refractivity contribution in [1.82, 2.24) is 138 Å². The maximum absolute atomic E-state index is 15.7. The first kappa shape index (κ1) is 102. The fourth-order valence-electron chi connectivity index (χ4n) is 17.6. The molecule has 740 valence electrons. The lowest BCUT2D eigenvalue weighted by molar-refractivity contribution is -0.147. The summed E-state index contributed by atoms with van der Waals surface area (Å²) in [5.74, 6) is -12.6. The number of nitrogens with zero attached hydrogens (tertiary/aromatic N) is 12. The standard InChI is InChI=1S/C82H121N39O16/c83-42-24-59(118(34-42)74(134)53-26-44(30-103-53)106-78(86)87)76(136)120-36-46(108-80(90)91)28-57(120)71(131)101-16-6-3-9-51(113-72(132)58-29-47(109-81(92)93)37-121(58)77(137)60-25-43(84)35-119(60)75(135)54-27-45(31-104-54)107-79(88)89)70(130)112-50(8-2-5-15-100-68(128)56-33-96-18-20-98-56)69(129)111-49(7-1-4-14-99-67(127)55-32-95-17-19-97-55)66(126)102-21-22-116(62(124)39-117-40-105-63-65(117)114-82(94)115-73(63)133)38-61(123)110-52(64(85)125)23-41-10-12-48(122)13-11-41/h10-13,17-20,32-33,40,42-47,49-54,57-60,103-104,122H,1-9,14-16,21-31,34-39,83-84H2,(H2,85,125)(H,99,127)(H,100,128)(H,101,131)(H,102,126)(H,110,123)(H,111,129)(H,112,130)(H,113,132)(H4,86,87,106)(H4,88,89,107)(H4,90,91,108)(H4,92,93,109)(H3,94,114,115,133)/t42-,43-,44-,45-,46-,47-,49+,50+,51+,52+,53+,54+,57+,58+,59-,60-/m1/s1. The average molecular weight is 1910 g/mol. The van der Waals surface area contributed by atoms with Gasteiger partial charge in [0.1, 0.15) is 72.0 Å². The number of carbonyl (C=O) groups excluding carboxylic acids is 14. The van der Waals surface area contributed by atoms with Crippen LogP contribution >= 0.6 is 0 Å². The molecule has 16 atom stereocenters. The van der Waals surface area contributed by atoms with Crippen LogP contribution in [0.1, 0.15) is 123 Å². The molecule has 4 aromatic heterocycles. The first-order valence-electron chi connectivity index (χ1n) is 45.0. The van der Waals surface area contributed by atoms with Gasteiger partial charge in [-0.3, -0.25) is 109 Å². The number of H-pyrrole nitrogens is 1. The molecule has 137 heavy (non-hydrogen) atoms. The minimum atomic E-state index is -1.66. The van der Waals surface area contributed by atoms with E-state index in [1.54, 1.807) is 0 Å². The lowest BCUT2D eigenvalue weighted by Gasteiger charge is -2.32. The van der Waals surface area contributed by atoms with Crippen LogP contribution in [-0.2, 0) is 70.5 Å². The third kappa shape index (κ3) is 28.7. The quantitative estimate of drug-likeness (QED) is 0.00978. The molecule has 11 rings (SSSR count). The Hall–Kier alpha value is -15.2. The number of phenols is 1. The van der Waals surface area contributed by atoms with Gasteiger partial charge in [-0.05, 0) is 114 Å². The van der Waals surface area contributed by atoms with Gasteiger partial charge < -0.3 is 154 Å². The number of phenolic OH excluding ortho intramolecular Hbond substituents is 1. The van der Waals surface area contributed by atoms with Crippen LogP contribution in [0.4, 0.5) is 5.95 Å². The van der Waals surface area contributed by atoms with Gasteiger partial charge >= 0.3 is 0 Å². The van der Waals surface area contributed by atoms with E-state index in [1.165, 1.54) is 85.6 Å². The number of unbranched alkanes of at least 4 members (excludes halogenated alkanes) is 3. The Kier molecular flexibility index (Phi) is 36.0. The van der Waals surface area contributed by atoms with E-state index in [0.29, 0.717) is 12.1 Å². The Bertz CT molecular complexity index is 5290. The number of likely N-dealkylation sites (tertiary alicyclic amines) is 4. The highest BCUT2D eigenvalue weighted by Crippen LogP contribution is 2.30. The highest BCUT2D eigenvalue weighted by molar-refractivity contribution is 5.99. The molecule has 14 amide bonds. The number of nitrogens with one attached hydrogen (secondary N) is 19. The molecule has 0 saturated carbocycles. The fraction of sp³-hybridized carbons (Fsp3) is 0.549. The topological polar surface area (TPSA) is 863 Å². The summed E-state index contributed by atoms with van der Waals surface area (Å²) in [4.78, 5) is 249. The predicted molar refractivity (Wildman–Crippen MR) is 489 cm³/mol. The third-order valence-electron chi connectivity index (χ3n) is 24.2. The van der Waals surface area contributed by atoms with E-state index in [9.17, 15) is 53.1 Å². The number of carbonyl (C=O) groups is 14. The SMILES string of the molecule is N=C(N)N[C@@H]1C[C@@H](C(=O)NCCCC[C@H](NC(=O)[C@@H]2C[C@@H](NC(=N)N)CN2C(=O)[C@H]2C[C@@H](N)CN2C(=O)[C@@H]2C[C@@H](NC(=N)N)CN2)C(=O)N[C@@H](CCCCNC(=O)c2cnccn2)C(=O)N[C@@H](CCCCNC(=O)c2cnccn2)C(=O)NCCN(CC(=O)N[C@@H](Cc2ccc(O)cc2)C(N)=O)C(=O)Cn2cnc3c(=O)[nH]c(N)nc32)N(C(=O)[C@H]2C[C@@H](N)CN2C(=O)[C@@H]2C[C@@H](NC(=N)N)CN2)C1. The number of imidazole rings is 1. The Morgan fingerprint density at radius 3 is 1.43 bits per heavy atom. The van der Waals surface area contributed by atoms with Crippen molar-refractivity contribution in [3.8, 4) is 5.75 Å². The molecule has 36 N–H and O–H groups in total. The van der Waals surface area contributed by atoms with Gasteiger partial charge in [-0.1, -0.05) is 12.1 Å². The Balaban J connectivity index is 0.865. The van der Waals surface area contributed by atoms with Crippen LogP contribution in [0, 0.1) is 21.6 Å².